The Labute approximate surface area is 165 Å². The Morgan fingerprint density at radius 3 is 2.79 bits per heavy atom. The van der Waals surface area contributed by atoms with Crippen LogP contribution in [0.1, 0.15) is 25.0 Å². The number of dihydropyridines is 1. The van der Waals surface area contributed by atoms with Crippen molar-refractivity contribution in [3.8, 4) is 0 Å². The number of ether oxygens (including phenoxy) is 3. The molecular weight excluding hydrogens is 392 g/mol. The van der Waals surface area contributed by atoms with E-state index in [1.54, 1.807) is 25.3 Å². The Balaban J connectivity index is 1.59. The van der Waals surface area contributed by atoms with E-state index < -0.39 is 11.2 Å². The molecule has 0 spiro atoms. The van der Waals surface area contributed by atoms with E-state index in [0.29, 0.717) is 22.1 Å². The third-order valence-electron chi connectivity index (χ3n) is 4.01. The number of halogens is 1. The highest BCUT2D eigenvalue weighted by Crippen LogP contribution is 2.42. The molecular formula is C18H17ClN2O7. The second kappa shape index (κ2) is 8.66. The zero-order chi connectivity index (χ0) is 20.1. The number of benzene rings is 1. The molecule has 1 aromatic rings. The van der Waals surface area contributed by atoms with Crippen molar-refractivity contribution in [1.29, 1.82) is 0 Å². The van der Waals surface area contributed by atoms with E-state index in [1.807, 2.05) is 12.1 Å². The number of hydrogen-bond donors (Lipinski definition) is 1. The van der Waals surface area contributed by atoms with Crippen LogP contribution in [-0.2, 0) is 19.0 Å². The first kappa shape index (κ1) is 19.6. The molecule has 0 amide bonds. The average molecular weight is 409 g/mol. The van der Waals surface area contributed by atoms with Crippen LogP contribution in [0.4, 0.5) is 4.79 Å². The molecule has 1 unspecified atom stereocenters. The predicted octanol–water partition coefficient (Wildman–Crippen LogP) is 3.77. The molecule has 2 heterocycles. The molecule has 0 radical (unpaired) electrons. The highest BCUT2D eigenvalue weighted by molar-refractivity contribution is 6.30. The summed E-state index contributed by atoms with van der Waals surface area (Å²) >= 11 is 5.93. The van der Waals surface area contributed by atoms with Crippen molar-refractivity contribution < 1.29 is 28.9 Å². The molecule has 0 saturated carbocycles. The molecule has 0 fully saturated rings. The number of fused-ring (bicyclic) bond motifs is 1. The van der Waals surface area contributed by atoms with Gasteiger partial charge in [-0.2, -0.15) is 0 Å². The van der Waals surface area contributed by atoms with Gasteiger partial charge >= 0.3 is 6.16 Å². The monoisotopic (exact) mass is 408 g/mol. The zero-order valence-corrected chi connectivity index (χ0v) is 15.6. The Hall–Kier alpha value is -3.20. The molecule has 0 bridgehead atoms. The number of carbonyl (C=O) groups excluding carboxylic acids is 1. The summed E-state index contributed by atoms with van der Waals surface area (Å²) in [6.07, 6.45) is 2.21. The minimum Gasteiger partial charge on any atom is -0.488 e. The van der Waals surface area contributed by atoms with Gasteiger partial charge in [-0.15, -0.1) is 10.1 Å². The molecule has 10 heteroatoms. The van der Waals surface area contributed by atoms with Crippen molar-refractivity contribution >= 4 is 17.8 Å². The van der Waals surface area contributed by atoms with Crippen molar-refractivity contribution in [2.75, 3.05) is 13.2 Å². The third kappa shape index (κ3) is 4.55. The minimum atomic E-state index is -0.922. The Morgan fingerprint density at radius 2 is 2.07 bits per heavy atom. The fourth-order valence-corrected chi connectivity index (χ4v) is 2.83. The molecule has 2 aliphatic rings. The van der Waals surface area contributed by atoms with E-state index in [1.165, 1.54) is 6.26 Å². The molecule has 2 aliphatic heterocycles. The summed E-state index contributed by atoms with van der Waals surface area (Å²) in [7, 11) is 0. The van der Waals surface area contributed by atoms with E-state index in [9.17, 15) is 14.9 Å². The molecule has 9 nitrogen and oxygen atoms in total. The summed E-state index contributed by atoms with van der Waals surface area (Å²) in [4.78, 5) is 26.1. The molecule has 0 aliphatic carbocycles. The molecule has 148 valence electrons. The zero-order valence-electron chi connectivity index (χ0n) is 14.8. The lowest BCUT2D eigenvalue weighted by atomic mass is 9.95. The van der Waals surface area contributed by atoms with Gasteiger partial charge in [0.25, 0.3) is 5.09 Å². The summed E-state index contributed by atoms with van der Waals surface area (Å²) in [5, 5.41) is 12.8. The van der Waals surface area contributed by atoms with E-state index >= 15 is 0 Å². The number of rotatable bonds is 7. The fraction of sp³-hybridized carbons (Fsp3) is 0.278. The maximum atomic E-state index is 11.9. The average Bonchev–Trinajstić information content (AvgIpc) is 3.08. The lowest BCUT2D eigenvalue weighted by Gasteiger charge is -2.21. The highest BCUT2D eigenvalue weighted by atomic mass is 35.5. The first-order valence-corrected chi connectivity index (χ1v) is 8.74. The quantitative estimate of drug-likeness (QED) is 0.314. The number of allylic oxidation sites excluding steroid dienone is 2. The highest BCUT2D eigenvalue weighted by Gasteiger charge is 2.34. The largest absolute Gasteiger partial charge is 0.513 e. The molecule has 0 aromatic heterocycles. The Kier molecular flexibility index (Phi) is 6.05. The topological polar surface area (TPSA) is 109 Å². The van der Waals surface area contributed by atoms with Gasteiger partial charge in [0.1, 0.15) is 0 Å². The first-order chi connectivity index (χ1) is 13.5. The van der Waals surface area contributed by atoms with Crippen LogP contribution in [0, 0.1) is 10.1 Å². The molecule has 1 N–H and O–H groups in total. The van der Waals surface area contributed by atoms with Crippen LogP contribution in [-0.4, -0.2) is 24.5 Å². The lowest BCUT2D eigenvalue weighted by Crippen LogP contribution is -2.20. The fourth-order valence-electron chi connectivity index (χ4n) is 2.70. The van der Waals surface area contributed by atoms with Crippen LogP contribution in [0.25, 0.3) is 0 Å². The minimum absolute atomic E-state index is 0.0714. The second-order valence-corrected chi connectivity index (χ2v) is 6.34. The number of carbonyl (C=O) groups is 1. The SMILES string of the molecule is CC1=C(OC(=O)OCCCO[N+](=O)[O-])C2=COC(c3ccc(Cl)cc3)C2=CN1. The lowest BCUT2D eigenvalue weighted by molar-refractivity contribution is -0.757. The van der Waals surface area contributed by atoms with Gasteiger partial charge in [0, 0.05) is 23.2 Å². The molecule has 1 aromatic carbocycles. The Morgan fingerprint density at radius 1 is 1.32 bits per heavy atom. The Bertz CT molecular complexity index is 861. The van der Waals surface area contributed by atoms with Gasteiger partial charge in [-0.3, -0.25) is 0 Å². The van der Waals surface area contributed by atoms with Gasteiger partial charge in [-0.25, -0.2) is 4.79 Å². The van der Waals surface area contributed by atoms with Crippen LogP contribution in [0.15, 0.2) is 59.3 Å². The van der Waals surface area contributed by atoms with Gasteiger partial charge in [-0.1, -0.05) is 23.7 Å². The van der Waals surface area contributed by atoms with Gasteiger partial charge in [0.05, 0.1) is 30.7 Å². The van der Waals surface area contributed by atoms with Crippen LogP contribution < -0.4 is 5.32 Å². The maximum Gasteiger partial charge on any atom is 0.513 e. The van der Waals surface area contributed by atoms with Crippen molar-refractivity contribution in [1.82, 2.24) is 5.32 Å². The number of nitrogens with zero attached hydrogens (tertiary/aromatic N) is 1. The van der Waals surface area contributed by atoms with E-state index in [4.69, 9.17) is 25.8 Å². The van der Waals surface area contributed by atoms with E-state index in [0.717, 1.165) is 11.1 Å². The van der Waals surface area contributed by atoms with Crippen LogP contribution >= 0.6 is 11.6 Å². The first-order valence-electron chi connectivity index (χ1n) is 8.37. The number of hydrogen-bond acceptors (Lipinski definition) is 8. The van der Waals surface area contributed by atoms with Crippen LogP contribution in [0.5, 0.6) is 0 Å². The van der Waals surface area contributed by atoms with Crippen LogP contribution in [0.3, 0.4) is 0 Å². The molecule has 3 rings (SSSR count). The van der Waals surface area contributed by atoms with E-state index in [-0.39, 0.29) is 25.7 Å². The summed E-state index contributed by atoms with van der Waals surface area (Å²) in [5.74, 6) is 0.292. The summed E-state index contributed by atoms with van der Waals surface area (Å²) < 4.78 is 16.0. The summed E-state index contributed by atoms with van der Waals surface area (Å²) in [5.41, 5.74) is 2.94. The predicted molar refractivity (Wildman–Crippen MR) is 97.3 cm³/mol. The van der Waals surface area contributed by atoms with E-state index in [2.05, 4.69) is 10.2 Å². The number of nitrogens with one attached hydrogen (secondary N) is 1. The maximum absolute atomic E-state index is 11.9. The normalized spacial score (nSPS) is 17.6. The van der Waals surface area contributed by atoms with Crippen LogP contribution in [0.2, 0.25) is 5.02 Å². The van der Waals surface area contributed by atoms with Crippen molar-refractivity contribution in [2.24, 2.45) is 0 Å². The van der Waals surface area contributed by atoms with Crippen molar-refractivity contribution in [2.45, 2.75) is 19.4 Å². The van der Waals surface area contributed by atoms with Gasteiger partial charge in [0.2, 0.25) is 0 Å². The van der Waals surface area contributed by atoms with Gasteiger partial charge < -0.3 is 24.4 Å². The smallest absolute Gasteiger partial charge is 0.488 e. The molecule has 0 saturated heterocycles. The van der Waals surface area contributed by atoms with Gasteiger partial charge in [0.15, 0.2) is 11.9 Å². The van der Waals surface area contributed by atoms with Gasteiger partial charge in [-0.05, 0) is 24.6 Å². The summed E-state index contributed by atoms with van der Waals surface area (Å²) in [6, 6.07) is 7.26. The van der Waals surface area contributed by atoms with Crippen molar-refractivity contribution in [3.05, 3.63) is 80.0 Å². The second-order valence-electron chi connectivity index (χ2n) is 5.91. The standard InChI is InChI=1S/C18H17ClN2O7/c1-11-16(28-18(22)25-7-2-8-27-21(23)24)15-10-26-17(14(15)9-20-11)12-3-5-13(19)6-4-12/h3-6,9-10,17,20H,2,7-8H2,1H3. The molecule has 1 atom stereocenters. The third-order valence-corrected chi connectivity index (χ3v) is 4.26. The van der Waals surface area contributed by atoms with Crippen molar-refractivity contribution in [3.63, 3.8) is 0 Å². The molecule has 28 heavy (non-hydrogen) atoms. The summed E-state index contributed by atoms with van der Waals surface area (Å²) in [6.45, 7) is 1.51.